The van der Waals surface area contributed by atoms with Gasteiger partial charge in [-0.1, -0.05) is 39.8 Å². The molecular weight excluding hydrogens is 440 g/mol. The van der Waals surface area contributed by atoms with Crippen molar-refractivity contribution in [2.24, 2.45) is 5.10 Å². The van der Waals surface area contributed by atoms with Crippen molar-refractivity contribution in [1.29, 1.82) is 0 Å². The Bertz CT molecular complexity index is 912. The summed E-state index contributed by atoms with van der Waals surface area (Å²) in [5, 5.41) is 17.3. The van der Waals surface area contributed by atoms with E-state index in [2.05, 4.69) is 47.0 Å². The quantitative estimate of drug-likeness (QED) is 0.217. The average molecular weight is 453 g/mol. The third kappa shape index (κ3) is 5.03. The van der Waals surface area contributed by atoms with E-state index < -0.39 is 0 Å². The van der Waals surface area contributed by atoms with Gasteiger partial charge in [-0.3, -0.25) is 4.79 Å². The molecule has 0 aliphatic carbocycles. The van der Waals surface area contributed by atoms with Crippen LogP contribution >= 0.6 is 39.0 Å². The highest BCUT2D eigenvalue weighted by Crippen LogP contribution is 2.18. The third-order valence-electron chi connectivity index (χ3n) is 2.90. The van der Waals surface area contributed by atoms with Crippen molar-refractivity contribution in [2.75, 3.05) is 22.3 Å². The zero-order valence-corrected chi connectivity index (χ0v) is 16.4. The highest BCUT2D eigenvalue weighted by atomic mass is 79.9. The topological polar surface area (TPSA) is 123 Å². The van der Waals surface area contributed by atoms with Gasteiger partial charge >= 0.3 is 0 Å². The van der Waals surface area contributed by atoms with Crippen LogP contribution in [0, 0.1) is 0 Å². The summed E-state index contributed by atoms with van der Waals surface area (Å²) in [6.07, 6.45) is 3.25. The Morgan fingerprint density at radius 2 is 2.35 bits per heavy atom. The van der Waals surface area contributed by atoms with Gasteiger partial charge in [0, 0.05) is 16.0 Å². The summed E-state index contributed by atoms with van der Waals surface area (Å²) in [6.45, 7) is 0. The molecule has 2 heterocycles. The zero-order chi connectivity index (χ0) is 18.4. The molecule has 2 aromatic heterocycles. The van der Waals surface area contributed by atoms with Crippen LogP contribution < -0.4 is 16.6 Å². The second kappa shape index (κ2) is 8.78. The Hall–Kier alpha value is -2.44. The minimum absolute atomic E-state index is 0.135. The maximum absolute atomic E-state index is 11.9. The Kier molecular flexibility index (Phi) is 6.20. The molecule has 0 atom stereocenters. The van der Waals surface area contributed by atoms with Gasteiger partial charge in [-0.05, 0) is 17.7 Å². The highest BCUT2D eigenvalue weighted by Gasteiger charge is 2.12. The molecule has 1 amide bonds. The van der Waals surface area contributed by atoms with Gasteiger partial charge in [0.2, 0.25) is 11.1 Å². The standard InChI is InChI=1S/C14H13BrN8OS2/c15-10-3-1-2-9(6-10)7-18-20-12-21-22-14(23(12)16)26-8-11(24)19-13-17-4-5-25-13/h1-7H,8,16H2,(H,20,21)(H,17,19,24)/b18-7+. The van der Waals surface area contributed by atoms with Gasteiger partial charge in [-0.15, -0.1) is 21.5 Å². The first-order valence-corrected chi connectivity index (χ1v) is 9.85. The SMILES string of the molecule is Nn1c(N/N=C/c2cccc(Br)c2)nnc1SCC(=O)Nc1nccs1. The molecular formula is C14H13BrN8OS2. The van der Waals surface area contributed by atoms with Gasteiger partial charge in [-0.25, -0.2) is 15.1 Å². The van der Waals surface area contributed by atoms with E-state index in [-0.39, 0.29) is 17.6 Å². The lowest BCUT2D eigenvalue weighted by Gasteiger charge is -2.03. The number of thiazole rings is 1. The van der Waals surface area contributed by atoms with Crippen molar-refractivity contribution in [2.45, 2.75) is 5.16 Å². The van der Waals surface area contributed by atoms with E-state index in [0.29, 0.717) is 10.3 Å². The monoisotopic (exact) mass is 452 g/mol. The van der Waals surface area contributed by atoms with E-state index >= 15 is 0 Å². The third-order valence-corrected chi connectivity index (χ3v) is 5.03. The molecule has 0 bridgehead atoms. The van der Waals surface area contributed by atoms with Gasteiger partial charge in [0.15, 0.2) is 5.13 Å². The van der Waals surface area contributed by atoms with Crippen molar-refractivity contribution < 1.29 is 4.79 Å². The van der Waals surface area contributed by atoms with Gasteiger partial charge in [0.1, 0.15) is 0 Å². The average Bonchev–Trinajstić information content (AvgIpc) is 3.24. The first-order valence-electron chi connectivity index (χ1n) is 7.19. The zero-order valence-electron chi connectivity index (χ0n) is 13.2. The summed E-state index contributed by atoms with van der Waals surface area (Å²) in [5.41, 5.74) is 3.63. The number of hydrogen-bond donors (Lipinski definition) is 3. The summed E-state index contributed by atoms with van der Waals surface area (Å²) in [7, 11) is 0. The minimum atomic E-state index is -0.199. The Balaban J connectivity index is 1.53. The molecule has 1 aromatic carbocycles. The van der Waals surface area contributed by atoms with Crippen LogP contribution in [0.3, 0.4) is 0 Å². The molecule has 0 saturated heterocycles. The predicted octanol–water partition coefficient (Wildman–Crippen LogP) is 2.39. The van der Waals surface area contributed by atoms with Crippen molar-refractivity contribution >= 4 is 62.2 Å². The number of nitrogens with one attached hydrogen (secondary N) is 2. The number of nitrogens with zero attached hydrogens (tertiary/aromatic N) is 5. The number of rotatable bonds is 7. The van der Waals surface area contributed by atoms with Crippen molar-refractivity contribution in [1.82, 2.24) is 19.9 Å². The largest absolute Gasteiger partial charge is 0.334 e. The molecule has 0 aliphatic heterocycles. The van der Waals surface area contributed by atoms with Crippen LogP contribution in [0.15, 0.2) is 50.6 Å². The van der Waals surface area contributed by atoms with Crippen LogP contribution in [-0.4, -0.2) is 37.7 Å². The highest BCUT2D eigenvalue weighted by molar-refractivity contribution is 9.10. The number of carbonyl (C=O) groups excluding carboxylic acids is 1. The van der Waals surface area contributed by atoms with Crippen LogP contribution in [-0.2, 0) is 4.79 Å². The molecule has 134 valence electrons. The van der Waals surface area contributed by atoms with Gasteiger partial charge < -0.3 is 11.2 Å². The van der Waals surface area contributed by atoms with E-state index in [1.807, 2.05) is 24.3 Å². The fourth-order valence-electron chi connectivity index (χ4n) is 1.77. The number of aromatic nitrogens is 4. The lowest BCUT2D eigenvalue weighted by atomic mass is 10.2. The predicted molar refractivity (Wildman–Crippen MR) is 107 cm³/mol. The summed E-state index contributed by atoms with van der Waals surface area (Å²) in [4.78, 5) is 15.8. The van der Waals surface area contributed by atoms with E-state index in [1.54, 1.807) is 17.8 Å². The lowest BCUT2D eigenvalue weighted by Crippen LogP contribution is -2.16. The van der Waals surface area contributed by atoms with Crippen molar-refractivity contribution in [3.63, 3.8) is 0 Å². The molecule has 0 radical (unpaired) electrons. The van der Waals surface area contributed by atoms with E-state index in [9.17, 15) is 4.79 Å². The number of amides is 1. The maximum Gasteiger partial charge on any atom is 0.264 e. The molecule has 26 heavy (non-hydrogen) atoms. The Morgan fingerprint density at radius 1 is 1.46 bits per heavy atom. The maximum atomic E-state index is 11.9. The van der Waals surface area contributed by atoms with Crippen LogP contribution in [0.5, 0.6) is 0 Å². The molecule has 0 saturated carbocycles. The number of thioether (sulfide) groups is 1. The second-order valence-corrected chi connectivity index (χ2v) is 7.53. The number of hydrazone groups is 1. The molecule has 0 aliphatic rings. The summed E-state index contributed by atoms with van der Waals surface area (Å²) in [5.74, 6) is 6.11. The van der Waals surface area contributed by atoms with Crippen LogP contribution in [0.2, 0.25) is 0 Å². The van der Waals surface area contributed by atoms with Crippen molar-refractivity contribution in [3.8, 4) is 0 Å². The van der Waals surface area contributed by atoms with Gasteiger partial charge in [-0.2, -0.15) is 5.10 Å². The molecule has 0 unspecified atom stereocenters. The lowest BCUT2D eigenvalue weighted by molar-refractivity contribution is -0.113. The van der Waals surface area contributed by atoms with Crippen LogP contribution in [0.25, 0.3) is 0 Å². The fraction of sp³-hybridized carbons (Fsp3) is 0.0714. The second-order valence-electron chi connectivity index (χ2n) is 4.78. The number of nitrogens with two attached hydrogens (primary N) is 1. The van der Waals surface area contributed by atoms with Crippen molar-refractivity contribution in [3.05, 3.63) is 45.9 Å². The number of benzene rings is 1. The van der Waals surface area contributed by atoms with E-state index in [1.165, 1.54) is 16.0 Å². The fourth-order valence-corrected chi connectivity index (χ4v) is 3.39. The summed E-state index contributed by atoms with van der Waals surface area (Å²) >= 11 is 5.90. The van der Waals surface area contributed by atoms with Gasteiger partial charge in [0.05, 0.1) is 12.0 Å². The molecule has 0 fully saturated rings. The molecule has 3 aromatic rings. The summed E-state index contributed by atoms with van der Waals surface area (Å²) < 4.78 is 2.19. The van der Waals surface area contributed by atoms with E-state index in [0.717, 1.165) is 21.8 Å². The first kappa shape index (κ1) is 18.4. The van der Waals surface area contributed by atoms with Gasteiger partial charge in [0.25, 0.3) is 5.95 Å². The number of anilines is 2. The van der Waals surface area contributed by atoms with Crippen LogP contribution in [0.4, 0.5) is 11.1 Å². The van der Waals surface area contributed by atoms with Crippen LogP contribution in [0.1, 0.15) is 5.56 Å². The smallest absolute Gasteiger partial charge is 0.264 e. The Morgan fingerprint density at radius 3 is 3.12 bits per heavy atom. The number of carbonyl (C=O) groups is 1. The minimum Gasteiger partial charge on any atom is -0.334 e. The normalized spacial score (nSPS) is 11.0. The van der Waals surface area contributed by atoms with E-state index in [4.69, 9.17) is 5.84 Å². The number of nitrogen functional groups attached to an aromatic ring is 1. The number of halogens is 1. The molecule has 12 heteroatoms. The molecule has 4 N–H and O–H groups in total. The summed E-state index contributed by atoms with van der Waals surface area (Å²) in [6, 6.07) is 7.66. The first-order chi connectivity index (χ1) is 12.6. The molecule has 9 nitrogen and oxygen atoms in total. The molecule has 0 spiro atoms. The molecule has 3 rings (SSSR count). The Labute approximate surface area is 165 Å². The number of hydrogen-bond acceptors (Lipinski definition) is 9.